The lowest BCUT2D eigenvalue weighted by Crippen LogP contribution is -2.36. The Bertz CT molecular complexity index is 723. The number of aliphatic carboxylic acids is 2. The third-order valence-electron chi connectivity index (χ3n) is 4.75. The van der Waals surface area contributed by atoms with Crippen LogP contribution in [-0.4, -0.2) is 28.8 Å². The fourth-order valence-corrected chi connectivity index (χ4v) is 2.72. The van der Waals surface area contributed by atoms with Crippen LogP contribution in [0.25, 0.3) is 0 Å². The molecule has 0 radical (unpaired) electrons. The number of hydrogen-bond acceptors (Lipinski definition) is 3. The topological polar surface area (TPSA) is 83.8 Å². The van der Waals surface area contributed by atoms with E-state index < -0.39 is 17.4 Å². The molecule has 5 heteroatoms. The van der Waals surface area contributed by atoms with Gasteiger partial charge in [-0.2, -0.15) is 0 Å². The van der Waals surface area contributed by atoms with E-state index in [9.17, 15) is 9.59 Å². The molecule has 0 heterocycles. The van der Waals surface area contributed by atoms with Crippen LogP contribution < -0.4 is 4.74 Å². The minimum absolute atomic E-state index is 0.0390. The molecule has 2 aromatic carbocycles. The number of unbranched alkanes of at least 4 members (excludes halogenated alkanes) is 1. The number of ether oxygens (including phenoxy) is 1. The lowest BCUT2D eigenvalue weighted by Gasteiger charge is -2.19. The highest BCUT2D eigenvalue weighted by Gasteiger charge is 2.40. The lowest BCUT2D eigenvalue weighted by molar-refractivity contribution is -0.163. The van der Waals surface area contributed by atoms with Crippen LogP contribution in [0.3, 0.4) is 0 Å². The summed E-state index contributed by atoms with van der Waals surface area (Å²) in [6.07, 6.45) is 3.48. The number of aryl methyl sites for hydroxylation is 2. The van der Waals surface area contributed by atoms with E-state index in [1.165, 1.54) is 12.5 Å². The van der Waals surface area contributed by atoms with Gasteiger partial charge in [0.1, 0.15) is 5.75 Å². The van der Waals surface area contributed by atoms with Crippen molar-refractivity contribution in [1.29, 1.82) is 0 Å². The Hall–Kier alpha value is -2.82. The maximum atomic E-state index is 11.2. The molecule has 0 amide bonds. The van der Waals surface area contributed by atoms with Crippen molar-refractivity contribution in [1.82, 2.24) is 0 Å². The SMILES string of the molecule is CC(CCc1ccc(OCCCCc2ccccc2)cc1)(C(=O)O)C(=O)O. The summed E-state index contributed by atoms with van der Waals surface area (Å²) in [5.41, 5.74) is 0.449. The summed E-state index contributed by atoms with van der Waals surface area (Å²) in [6.45, 7) is 1.88. The van der Waals surface area contributed by atoms with Gasteiger partial charge in [0.25, 0.3) is 0 Å². The van der Waals surface area contributed by atoms with Crippen molar-refractivity contribution >= 4 is 11.9 Å². The van der Waals surface area contributed by atoms with Gasteiger partial charge in [-0.15, -0.1) is 0 Å². The van der Waals surface area contributed by atoms with Crippen molar-refractivity contribution in [2.45, 2.75) is 39.0 Å². The molecule has 2 N–H and O–H groups in total. The van der Waals surface area contributed by atoms with Gasteiger partial charge < -0.3 is 14.9 Å². The van der Waals surface area contributed by atoms with E-state index in [0.717, 1.165) is 30.6 Å². The zero-order chi connectivity index (χ0) is 19.7. The number of hydrogen-bond donors (Lipinski definition) is 2. The second-order valence-corrected chi connectivity index (χ2v) is 6.88. The fourth-order valence-electron chi connectivity index (χ4n) is 2.72. The van der Waals surface area contributed by atoms with E-state index >= 15 is 0 Å². The molecule has 0 fully saturated rings. The molecule has 0 aromatic heterocycles. The van der Waals surface area contributed by atoms with Crippen LogP contribution in [0.5, 0.6) is 5.75 Å². The smallest absolute Gasteiger partial charge is 0.320 e. The summed E-state index contributed by atoms with van der Waals surface area (Å²) >= 11 is 0. The van der Waals surface area contributed by atoms with Crippen molar-refractivity contribution in [2.75, 3.05) is 6.61 Å². The number of benzene rings is 2. The molecule has 27 heavy (non-hydrogen) atoms. The van der Waals surface area contributed by atoms with Crippen LogP contribution in [0.15, 0.2) is 54.6 Å². The molecule has 0 aliphatic rings. The number of carboxylic acid groups (broad SMARTS) is 2. The Morgan fingerprint density at radius 2 is 1.44 bits per heavy atom. The van der Waals surface area contributed by atoms with E-state index in [0.29, 0.717) is 13.0 Å². The monoisotopic (exact) mass is 370 g/mol. The second kappa shape index (κ2) is 9.76. The molecule has 0 unspecified atom stereocenters. The molecule has 144 valence electrons. The number of carbonyl (C=O) groups is 2. The first-order valence-electron chi connectivity index (χ1n) is 9.14. The molecule has 0 atom stereocenters. The summed E-state index contributed by atoms with van der Waals surface area (Å²) < 4.78 is 5.73. The summed E-state index contributed by atoms with van der Waals surface area (Å²) in [6, 6.07) is 17.7. The van der Waals surface area contributed by atoms with Crippen LogP contribution in [0.1, 0.15) is 37.3 Å². The highest BCUT2D eigenvalue weighted by atomic mass is 16.5. The Kier molecular flexibility index (Phi) is 7.41. The van der Waals surface area contributed by atoms with Crippen LogP contribution in [0.2, 0.25) is 0 Å². The van der Waals surface area contributed by atoms with Gasteiger partial charge in [-0.3, -0.25) is 9.59 Å². The maximum Gasteiger partial charge on any atom is 0.320 e. The summed E-state index contributed by atoms with van der Waals surface area (Å²) in [7, 11) is 0. The Morgan fingerprint density at radius 3 is 2.04 bits per heavy atom. The molecular formula is C22H26O5. The third-order valence-corrected chi connectivity index (χ3v) is 4.75. The molecule has 0 aliphatic carbocycles. The largest absolute Gasteiger partial charge is 0.494 e. The van der Waals surface area contributed by atoms with Gasteiger partial charge in [-0.05, 0) is 62.3 Å². The highest BCUT2D eigenvalue weighted by molar-refractivity contribution is 5.97. The molecule has 5 nitrogen and oxygen atoms in total. The quantitative estimate of drug-likeness (QED) is 0.457. The predicted octanol–water partition coefficient (Wildman–Crippen LogP) is 4.20. The molecule has 0 aliphatic heterocycles. The van der Waals surface area contributed by atoms with E-state index in [2.05, 4.69) is 12.1 Å². The van der Waals surface area contributed by atoms with E-state index in [1.54, 1.807) is 0 Å². The Morgan fingerprint density at radius 1 is 0.852 bits per heavy atom. The molecule has 2 aromatic rings. The van der Waals surface area contributed by atoms with Crippen molar-refractivity contribution in [3.63, 3.8) is 0 Å². The maximum absolute atomic E-state index is 11.2. The first-order chi connectivity index (χ1) is 12.9. The number of carboxylic acids is 2. The Balaban J connectivity index is 1.73. The normalized spacial score (nSPS) is 11.1. The first kappa shape index (κ1) is 20.5. The molecule has 2 rings (SSSR count). The van der Waals surface area contributed by atoms with Crippen LogP contribution in [0.4, 0.5) is 0 Å². The summed E-state index contributed by atoms with van der Waals surface area (Å²) in [5.74, 6) is -1.87. The van der Waals surface area contributed by atoms with Gasteiger partial charge in [-0.25, -0.2) is 0 Å². The second-order valence-electron chi connectivity index (χ2n) is 6.88. The average molecular weight is 370 g/mol. The number of rotatable bonds is 11. The highest BCUT2D eigenvalue weighted by Crippen LogP contribution is 2.25. The van der Waals surface area contributed by atoms with Gasteiger partial charge in [0.05, 0.1) is 6.61 Å². The van der Waals surface area contributed by atoms with Crippen LogP contribution in [-0.2, 0) is 22.4 Å². The average Bonchev–Trinajstić information content (AvgIpc) is 2.67. The van der Waals surface area contributed by atoms with Gasteiger partial charge >= 0.3 is 11.9 Å². The van der Waals surface area contributed by atoms with Gasteiger partial charge in [0, 0.05) is 0 Å². The van der Waals surface area contributed by atoms with Gasteiger partial charge in [-0.1, -0.05) is 42.5 Å². The lowest BCUT2D eigenvalue weighted by atomic mass is 9.84. The van der Waals surface area contributed by atoms with E-state index in [1.807, 2.05) is 42.5 Å². The molecule has 0 saturated heterocycles. The minimum Gasteiger partial charge on any atom is -0.494 e. The van der Waals surface area contributed by atoms with Gasteiger partial charge in [0.2, 0.25) is 0 Å². The zero-order valence-electron chi connectivity index (χ0n) is 15.6. The molecule has 0 bridgehead atoms. The van der Waals surface area contributed by atoms with Crippen LogP contribution >= 0.6 is 0 Å². The van der Waals surface area contributed by atoms with Crippen LogP contribution in [0, 0.1) is 5.41 Å². The van der Waals surface area contributed by atoms with Gasteiger partial charge in [0.15, 0.2) is 5.41 Å². The minimum atomic E-state index is -1.77. The third kappa shape index (κ3) is 6.13. The molecule has 0 saturated carbocycles. The van der Waals surface area contributed by atoms with E-state index in [4.69, 9.17) is 14.9 Å². The fraction of sp³-hybridized carbons (Fsp3) is 0.364. The molecular weight excluding hydrogens is 344 g/mol. The summed E-state index contributed by atoms with van der Waals surface area (Å²) in [5, 5.41) is 18.3. The molecule has 0 spiro atoms. The standard InChI is InChI=1S/C22H26O5/c1-22(20(23)24,21(25)26)15-14-18-10-12-19(13-11-18)27-16-6-5-9-17-7-3-2-4-8-17/h2-4,7-8,10-13H,5-6,9,14-16H2,1H3,(H,23,24)(H,25,26). The zero-order valence-corrected chi connectivity index (χ0v) is 15.6. The van der Waals surface area contributed by atoms with E-state index in [-0.39, 0.29) is 6.42 Å². The Labute approximate surface area is 159 Å². The summed E-state index contributed by atoms with van der Waals surface area (Å²) in [4.78, 5) is 22.4. The first-order valence-corrected chi connectivity index (χ1v) is 9.14. The van der Waals surface area contributed by atoms with Crippen molar-refractivity contribution < 1.29 is 24.5 Å². The predicted molar refractivity (Wildman–Crippen MR) is 103 cm³/mol. The van der Waals surface area contributed by atoms with Crippen molar-refractivity contribution in [3.05, 3.63) is 65.7 Å². The van der Waals surface area contributed by atoms with Crippen molar-refractivity contribution in [3.8, 4) is 5.75 Å². The van der Waals surface area contributed by atoms with Crippen molar-refractivity contribution in [2.24, 2.45) is 5.41 Å².